The Bertz CT molecular complexity index is 1210. The summed E-state index contributed by atoms with van der Waals surface area (Å²) < 4.78 is 10.8. The Balaban J connectivity index is 1.25. The Morgan fingerprint density at radius 3 is 2.44 bits per heavy atom. The Labute approximate surface area is 182 Å². The molecular weight excluding hydrogens is 414 g/mol. The Hall–Kier alpha value is -3.75. The number of nitrogens with zero attached hydrogens (tertiary/aromatic N) is 3. The fraction of sp³-hybridized carbons (Fsp3) is 0.348. The maximum absolute atomic E-state index is 13.0. The average Bonchev–Trinajstić information content (AvgIpc) is 3.08. The van der Waals surface area contributed by atoms with Crippen LogP contribution in [0.15, 0.2) is 52.0 Å². The summed E-state index contributed by atoms with van der Waals surface area (Å²) in [7, 11) is 1.43. The molecule has 6 rings (SSSR count). The van der Waals surface area contributed by atoms with Gasteiger partial charge >= 0.3 is 0 Å². The summed E-state index contributed by atoms with van der Waals surface area (Å²) in [5.41, 5.74) is 0.270. The third-order valence-corrected chi connectivity index (χ3v) is 7.42. The number of benzene rings is 1. The van der Waals surface area contributed by atoms with Gasteiger partial charge in [0.25, 0.3) is 17.5 Å². The number of nitro groups is 1. The number of imide groups is 1. The van der Waals surface area contributed by atoms with Gasteiger partial charge in [0.05, 0.1) is 41.7 Å². The summed E-state index contributed by atoms with van der Waals surface area (Å²) in [5, 5.41) is 16.5. The molecule has 3 aliphatic carbocycles. The monoisotopic (exact) mass is 433 g/mol. The van der Waals surface area contributed by atoms with Gasteiger partial charge in [0.1, 0.15) is 17.3 Å². The number of carbonyl (C=O) groups excluding carboxylic acids is 2. The number of fused-ring (bicyclic) bond motifs is 3. The SMILES string of the molecule is COc1ccc(-c2ccc(/C=N\N3C(=O)[C@@H]4[C@@H](C3=O)[C@@H]3C=C[C@H]4C34CC4)o2)c([N+](=O)[O-])c1. The molecule has 4 atom stereocenters. The number of hydrogen-bond acceptors (Lipinski definition) is 7. The lowest BCUT2D eigenvalue weighted by atomic mass is 9.85. The first-order chi connectivity index (χ1) is 15.4. The molecule has 1 aromatic carbocycles. The second-order valence-corrected chi connectivity index (χ2v) is 8.80. The normalized spacial score (nSPS) is 28.8. The summed E-state index contributed by atoms with van der Waals surface area (Å²) in [6.07, 6.45) is 7.69. The average molecular weight is 433 g/mol. The number of furan rings is 1. The fourth-order valence-corrected chi connectivity index (χ4v) is 5.86. The number of nitro benzene ring substituents is 1. The van der Waals surface area contributed by atoms with E-state index in [9.17, 15) is 19.7 Å². The zero-order valence-corrected chi connectivity index (χ0v) is 17.1. The number of ether oxygens (including phenoxy) is 1. The van der Waals surface area contributed by atoms with Crippen LogP contribution in [0.3, 0.4) is 0 Å². The third kappa shape index (κ3) is 2.41. The molecule has 32 heavy (non-hydrogen) atoms. The molecule has 9 nitrogen and oxygen atoms in total. The van der Waals surface area contributed by atoms with Crippen molar-refractivity contribution in [2.75, 3.05) is 7.11 Å². The van der Waals surface area contributed by atoms with Crippen LogP contribution in [-0.2, 0) is 9.59 Å². The first-order valence-corrected chi connectivity index (χ1v) is 10.5. The van der Waals surface area contributed by atoms with E-state index >= 15 is 0 Å². The molecule has 2 heterocycles. The fourth-order valence-electron chi connectivity index (χ4n) is 5.86. The number of hydrogen-bond donors (Lipinski definition) is 0. The van der Waals surface area contributed by atoms with Crippen LogP contribution in [0.5, 0.6) is 5.75 Å². The number of carbonyl (C=O) groups is 2. The highest BCUT2D eigenvalue weighted by Gasteiger charge is 2.73. The lowest BCUT2D eigenvalue weighted by Crippen LogP contribution is -2.30. The molecule has 162 valence electrons. The van der Waals surface area contributed by atoms with E-state index in [-0.39, 0.29) is 63.7 Å². The zero-order chi connectivity index (χ0) is 22.2. The molecule has 2 saturated carbocycles. The molecular formula is C23H19N3O6. The molecule has 1 aliphatic heterocycles. The standard InChI is InChI=1S/C23H19N3O6/c1-31-12-2-4-14(17(10-12)26(29)30)18-7-3-13(32-18)11-24-25-21(27)19-15-5-6-16(20(19)22(25)28)23(15)8-9-23/h2-7,10-11,15-16,19-20H,8-9H2,1H3/b24-11-/t15-,16+,19-,20-/m0/s1. The van der Waals surface area contributed by atoms with E-state index in [1.807, 2.05) is 0 Å². The number of methoxy groups -OCH3 is 1. The summed E-state index contributed by atoms with van der Waals surface area (Å²) in [6.45, 7) is 0. The van der Waals surface area contributed by atoms with Gasteiger partial charge in [-0.2, -0.15) is 10.1 Å². The predicted molar refractivity (Wildman–Crippen MR) is 112 cm³/mol. The molecule has 1 aromatic heterocycles. The Morgan fingerprint density at radius 1 is 1.16 bits per heavy atom. The highest BCUT2D eigenvalue weighted by Crippen LogP contribution is 2.73. The second kappa shape index (κ2) is 6.38. The topological polar surface area (TPSA) is 115 Å². The maximum atomic E-state index is 13.0. The van der Waals surface area contributed by atoms with Crippen LogP contribution in [0.1, 0.15) is 18.6 Å². The van der Waals surface area contributed by atoms with Crippen molar-refractivity contribution in [3.63, 3.8) is 0 Å². The lowest BCUT2D eigenvalue weighted by molar-refractivity contribution is -0.384. The van der Waals surface area contributed by atoms with Crippen LogP contribution in [0.2, 0.25) is 0 Å². The second-order valence-electron chi connectivity index (χ2n) is 8.80. The molecule has 3 fully saturated rings. The van der Waals surface area contributed by atoms with Gasteiger partial charge in [-0.15, -0.1) is 0 Å². The number of allylic oxidation sites excluding steroid dienone is 2. The van der Waals surface area contributed by atoms with Crippen molar-refractivity contribution in [2.24, 2.45) is 34.2 Å². The molecule has 2 aromatic rings. The number of rotatable bonds is 5. The van der Waals surface area contributed by atoms with Gasteiger partial charge in [-0.05, 0) is 54.4 Å². The van der Waals surface area contributed by atoms with Crippen molar-refractivity contribution in [3.8, 4) is 17.1 Å². The summed E-state index contributed by atoms with van der Waals surface area (Å²) in [5.74, 6) is 0.0606. The molecule has 1 spiro atoms. The lowest BCUT2D eigenvalue weighted by Gasteiger charge is -2.18. The van der Waals surface area contributed by atoms with E-state index in [0.717, 1.165) is 17.9 Å². The van der Waals surface area contributed by atoms with Crippen molar-refractivity contribution < 1.29 is 23.7 Å². The molecule has 4 aliphatic rings. The van der Waals surface area contributed by atoms with Crippen LogP contribution in [0.4, 0.5) is 5.69 Å². The van der Waals surface area contributed by atoms with E-state index in [1.54, 1.807) is 24.3 Å². The molecule has 2 bridgehead atoms. The van der Waals surface area contributed by atoms with E-state index in [1.165, 1.54) is 19.4 Å². The highest BCUT2D eigenvalue weighted by molar-refractivity contribution is 6.07. The van der Waals surface area contributed by atoms with Crippen molar-refractivity contribution >= 4 is 23.7 Å². The van der Waals surface area contributed by atoms with Gasteiger partial charge in [0, 0.05) is 0 Å². The quantitative estimate of drug-likeness (QED) is 0.235. The molecule has 1 saturated heterocycles. The van der Waals surface area contributed by atoms with Crippen molar-refractivity contribution in [1.82, 2.24) is 5.01 Å². The smallest absolute Gasteiger partial charge is 0.284 e. The minimum atomic E-state index is -0.510. The highest BCUT2D eigenvalue weighted by atomic mass is 16.6. The Morgan fingerprint density at radius 2 is 1.84 bits per heavy atom. The summed E-state index contributed by atoms with van der Waals surface area (Å²) in [4.78, 5) is 36.9. The van der Waals surface area contributed by atoms with Gasteiger partial charge in [-0.3, -0.25) is 19.7 Å². The first-order valence-electron chi connectivity index (χ1n) is 10.5. The zero-order valence-electron chi connectivity index (χ0n) is 17.1. The molecule has 0 N–H and O–H groups in total. The van der Waals surface area contributed by atoms with Crippen molar-refractivity contribution in [2.45, 2.75) is 12.8 Å². The van der Waals surface area contributed by atoms with E-state index < -0.39 is 4.92 Å². The van der Waals surface area contributed by atoms with Gasteiger partial charge in [-0.1, -0.05) is 12.2 Å². The van der Waals surface area contributed by atoms with E-state index in [0.29, 0.717) is 5.75 Å². The minimum absolute atomic E-state index is 0.138. The number of amides is 2. The maximum Gasteiger partial charge on any atom is 0.284 e. The minimum Gasteiger partial charge on any atom is -0.497 e. The first kappa shape index (κ1) is 19.0. The predicted octanol–water partition coefficient (Wildman–Crippen LogP) is 3.39. The molecule has 0 unspecified atom stereocenters. The van der Waals surface area contributed by atoms with Crippen LogP contribution < -0.4 is 4.74 Å². The molecule has 2 amide bonds. The van der Waals surface area contributed by atoms with Crippen LogP contribution >= 0.6 is 0 Å². The van der Waals surface area contributed by atoms with Gasteiger partial charge in [0.15, 0.2) is 0 Å². The van der Waals surface area contributed by atoms with Crippen LogP contribution in [0, 0.1) is 39.2 Å². The van der Waals surface area contributed by atoms with Gasteiger partial charge in [-0.25, -0.2) is 0 Å². The van der Waals surface area contributed by atoms with Crippen molar-refractivity contribution in [1.29, 1.82) is 0 Å². The van der Waals surface area contributed by atoms with E-state index in [2.05, 4.69) is 17.3 Å². The summed E-state index contributed by atoms with van der Waals surface area (Å²) >= 11 is 0. The van der Waals surface area contributed by atoms with Crippen molar-refractivity contribution in [3.05, 3.63) is 58.4 Å². The van der Waals surface area contributed by atoms with Gasteiger partial charge in [0.2, 0.25) is 0 Å². The molecule has 9 heteroatoms. The van der Waals surface area contributed by atoms with Crippen LogP contribution in [0.25, 0.3) is 11.3 Å². The Kier molecular flexibility index (Phi) is 3.78. The molecule has 0 radical (unpaired) electrons. The van der Waals surface area contributed by atoms with Gasteiger partial charge < -0.3 is 9.15 Å². The third-order valence-electron chi connectivity index (χ3n) is 7.42. The largest absolute Gasteiger partial charge is 0.497 e. The summed E-state index contributed by atoms with van der Waals surface area (Å²) in [6, 6.07) is 7.64. The van der Waals surface area contributed by atoms with Crippen LogP contribution in [-0.4, -0.2) is 35.1 Å². The number of hydrazone groups is 1. The van der Waals surface area contributed by atoms with E-state index in [4.69, 9.17) is 9.15 Å².